The molecule has 0 N–H and O–H groups in total. The zero-order valence-corrected chi connectivity index (χ0v) is 14.9. The van der Waals surface area contributed by atoms with Crippen molar-refractivity contribution in [1.29, 1.82) is 0 Å². The highest BCUT2D eigenvalue weighted by Crippen LogP contribution is 2.19. The number of carbonyl (C=O) groups is 1. The highest BCUT2D eigenvalue weighted by molar-refractivity contribution is 5.79. The predicted molar refractivity (Wildman–Crippen MR) is 93.0 cm³/mol. The summed E-state index contributed by atoms with van der Waals surface area (Å²) in [6.45, 7) is 2.63. The molecule has 27 heavy (non-hydrogen) atoms. The zero-order valence-electron chi connectivity index (χ0n) is 14.9. The molecule has 2 aromatic rings. The topological polar surface area (TPSA) is 38.8 Å². The van der Waals surface area contributed by atoms with E-state index in [0.717, 1.165) is 0 Å². The first-order valence-corrected chi connectivity index (χ1v) is 8.65. The summed E-state index contributed by atoms with van der Waals surface area (Å²) in [5.74, 6) is -1.65. The fourth-order valence-corrected chi connectivity index (χ4v) is 2.91. The molecular formula is C20H20F3NO3. The standard InChI is InChI=1S/C20H20F3NO3/c1-13-2-7-18(22)17(20(13)23)10-19(25)24-8-9-26-16(11-24)12-27-15-5-3-14(21)4-6-15/h2-7,16H,8-12H2,1H3. The lowest BCUT2D eigenvalue weighted by molar-refractivity contribution is -0.139. The number of nitrogens with zero attached hydrogens (tertiary/aromatic N) is 1. The van der Waals surface area contributed by atoms with Crippen LogP contribution in [0.15, 0.2) is 36.4 Å². The average Bonchev–Trinajstić information content (AvgIpc) is 2.68. The van der Waals surface area contributed by atoms with E-state index in [1.807, 2.05) is 0 Å². The molecule has 0 aliphatic carbocycles. The number of halogens is 3. The van der Waals surface area contributed by atoms with E-state index in [9.17, 15) is 18.0 Å². The molecule has 1 fully saturated rings. The third kappa shape index (κ3) is 4.80. The van der Waals surface area contributed by atoms with Crippen LogP contribution in [0.5, 0.6) is 5.75 Å². The SMILES string of the molecule is Cc1ccc(F)c(CC(=O)N2CCOC(COc3ccc(F)cc3)C2)c1F. The summed E-state index contributed by atoms with van der Waals surface area (Å²) in [7, 11) is 0. The number of hydrogen-bond donors (Lipinski definition) is 0. The van der Waals surface area contributed by atoms with Gasteiger partial charge in [0, 0.05) is 12.1 Å². The second-order valence-corrected chi connectivity index (χ2v) is 6.43. The first kappa shape index (κ1) is 19.2. The number of aryl methyl sites for hydroxylation is 1. The van der Waals surface area contributed by atoms with Gasteiger partial charge >= 0.3 is 0 Å². The van der Waals surface area contributed by atoms with Crippen molar-refractivity contribution in [2.45, 2.75) is 19.4 Å². The Labute approximate surface area is 155 Å². The summed E-state index contributed by atoms with van der Waals surface area (Å²) in [6, 6.07) is 8.10. The molecule has 7 heteroatoms. The van der Waals surface area contributed by atoms with Crippen LogP contribution in [0.2, 0.25) is 0 Å². The quantitative estimate of drug-likeness (QED) is 0.801. The molecule has 1 unspecified atom stereocenters. The molecule has 0 bridgehead atoms. The van der Waals surface area contributed by atoms with Gasteiger partial charge in [0.25, 0.3) is 0 Å². The molecule has 0 aromatic heterocycles. The summed E-state index contributed by atoms with van der Waals surface area (Å²) in [4.78, 5) is 14.0. The van der Waals surface area contributed by atoms with Crippen LogP contribution in [0.25, 0.3) is 0 Å². The van der Waals surface area contributed by atoms with E-state index in [1.54, 1.807) is 0 Å². The maximum absolute atomic E-state index is 14.1. The minimum atomic E-state index is -0.726. The van der Waals surface area contributed by atoms with E-state index in [4.69, 9.17) is 9.47 Å². The molecule has 144 valence electrons. The van der Waals surface area contributed by atoms with Gasteiger partial charge in [-0.2, -0.15) is 0 Å². The van der Waals surface area contributed by atoms with Gasteiger partial charge in [0.15, 0.2) is 0 Å². The average molecular weight is 379 g/mol. The molecule has 0 saturated carbocycles. The van der Waals surface area contributed by atoms with Crippen LogP contribution in [0.4, 0.5) is 13.2 Å². The lowest BCUT2D eigenvalue weighted by atomic mass is 10.1. The Hall–Kier alpha value is -2.54. The Morgan fingerprint density at radius 1 is 1.19 bits per heavy atom. The second-order valence-electron chi connectivity index (χ2n) is 6.43. The van der Waals surface area contributed by atoms with Crippen molar-refractivity contribution in [3.63, 3.8) is 0 Å². The normalized spacial score (nSPS) is 17.0. The van der Waals surface area contributed by atoms with E-state index in [1.165, 1.54) is 48.2 Å². The van der Waals surface area contributed by atoms with Crippen LogP contribution in [0, 0.1) is 24.4 Å². The third-order valence-corrected chi connectivity index (χ3v) is 4.45. The minimum absolute atomic E-state index is 0.183. The fraction of sp³-hybridized carbons (Fsp3) is 0.350. The van der Waals surface area contributed by atoms with Gasteiger partial charge in [-0.1, -0.05) is 6.07 Å². The molecule has 0 spiro atoms. The van der Waals surface area contributed by atoms with Crippen molar-refractivity contribution < 1.29 is 27.4 Å². The van der Waals surface area contributed by atoms with E-state index >= 15 is 0 Å². The van der Waals surface area contributed by atoms with Crippen LogP contribution >= 0.6 is 0 Å². The van der Waals surface area contributed by atoms with E-state index in [-0.39, 0.29) is 43.0 Å². The molecule has 0 radical (unpaired) electrons. The Morgan fingerprint density at radius 2 is 1.93 bits per heavy atom. The minimum Gasteiger partial charge on any atom is -0.491 e. The summed E-state index contributed by atoms with van der Waals surface area (Å²) in [5, 5.41) is 0. The van der Waals surface area contributed by atoms with E-state index in [0.29, 0.717) is 24.5 Å². The van der Waals surface area contributed by atoms with E-state index in [2.05, 4.69) is 0 Å². The molecule has 1 aliphatic rings. The second kappa shape index (κ2) is 8.43. The first-order valence-electron chi connectivity index (χ1n) is 8.65. The van der Waals surface area contributed by atoms with Crippen molar-refractivity contribution in [1.82, 2.24) is 4.90 Å². The number of rotatable bonds is 5. The Bertz CT molecular complexity index is 811. The Morgan fingerprint density at radius 3 is 2.67 bits per heavy atom. The molecule has 1 heterocycles. The molecule has 2 aromatic carbocycles. The monoisotopic (exact) mass is 379 g/mol. The number of morpholine rings is 1. The summed E-state index contributed by atoms with van der Waals surface area (Å²) >= 11 is 0. The van der Waals surface area contributed by atoms with Crippen molar-refractivity contribution in [3.8, 4) is 5.75 Å². The molecule has 1 amide bonds. The van der Waals surface area contributed by atoms with Crippen molar-refractivity contribution in [2.24, 2.45) is 0 Å². The molecule has 4 nitrogen and oxygen atoms in total. The van der Waals surface area contributed by atoms with Gasteiger partial charge in [-0.05, 0) is 42.8 Å². The number of amides is 1. The Balaban J connectivity index is 1.58. The van der Waals surface area contributed by atoms with Crippen LogP contribution in [-0.4, -0.2) is 43.2 Å². The van der Waals surface area contributed by atoms with Gasteiger partial charge in [0.05, 0.1) is 19.6 Å². The highest BCUT2D eigenvalue weighted by atomic mass is 19.1. The van der Waals surface area contributed by atoms with Crippen LogP contribution in [0.3, 0.4) is 0 Å². The smallest absolute Gasteiger partial charge is 0.227 e. The van der Waals surface area contributed by atoms with Crippen LogP contribution in [-0.2, 0) is 16.0 Å². The maximum atomic E-state index is 14.1. The molecular weight excluding hydrogens is 359 g/mol. The predicted octanol–water partition coefficient (Wildman–Crippen LogP) is 3.26. The zero-order chi connectivity index (χ0) is 19.4. The molecule has 1 aliphatic heterocycles. The molecule has 3 rings (SSSR count). The van der Waals surface area contributed by atoms with Crippen molar-refractivity contribution in [3.05, 3.63) is 65.0 Å². The van der Waals surface area contributed by atoms with Gasteiger partial charge in [-0.25, -0.2) is 13.2 Å². The first-order chi connectivity index (χ1) is 12.9. The Kier molecular flexibility index (Phi) is 6.01. The summed E-state index contributed by atoms with van der Waals surface area (Å²) < 4.78 is 52.0. The molecule has 1 saturated heterocycles. The number of benzene rings is 2. The highest BCUT2D eigenvalue weighted by Gasteiger charge is 2.26. The van der Waals surface area contributed by atoms with Crippen LogP contribution < -0.4 is 4.74 Å². The molecule has 1 atom stereocenters. The number of hydrogen-bond acceptors (Lipinski definition) is 3. The van der Waals surface area contributed by atoms with Crippen molar-refractivity contribution >= 4 is 5.91 Å². The summed E-state index contributed by atoms with van der Waals surface area (Å²) in [5.41, 5.74) is 0.0809. The van der Waals surface area contributed by atoms with Crippen molar-refractivity contribution in [2.75, 3.05) is 26.3 Å². The lowest BCUT2D eigenvalue weighted by Crippen LogP contribution is -2.48. The third-order valence-electron chi connectivity index (χ3n) is 4.45. The summed E-state index contributed by atoms with van der Waals surface area (Å²) in [6.07, 6.45) is -0.717. The largest absolute Gasteiger partial charge is 0.491 e. The van der Waals surface area contributed by atoms with Gasteiger partial charge in [0.2, 0.25) is 5.91 Å². The number of carbonyl (C=O) groups excluding carboxylic acids is 1. The number of ether oxygens (including phenoxy) is 2. The lowest BCUT2D eigenvalue weighted by Gasteiger charge is -2.33. The van der Waals surface area contributed by atoms with Crippen LogP contribution in [0.1, 0.15) is 11.1 Å². The maximum Gasteiger partial charge on any atom is 0.227 e. The van der Waals surface area contributed by atoms with Gasteiger partial charge in [-0.3, -0.25) is 4.79 Å². The van der Waals surface area contributed by atoms with Gasteiger partial charge in [0.1, 0.15) is 35.9 Å². The fourth-order valence-electron chi connectivity index (χ4n) is 2.91. The van der Waals surface area contributed by atoms with E-state index < -0.39 is 11.6 Å². The van der Waals surface area contributed by atoms with Gasteiger partial charge < -0.3 is 14.4 Å². The van der Waals surface area contributed by atoms with Gasteiger partial charge in [-0.15, -0.1) is 0 Å².